The number of thiophene rings is 1. The van der Waals surface area contributed by atoms with Crippen molar-refractivity contribution in [3.8, 4) is 10.7 Å². The monoisotopic (exact) mass is 267 g/mol. The van der Waals surface area contributed by atoms with E-state index in [1.807, 2.05) is 6.07 Å². The second kappa shape index (κ2) is 4.03. The average molecular weight is 267 g/mol. The molecule has 0 amide bonds. The van der Waals surface area contributed by atoms with E-state index in [-0.39, 0.29) is 5.41 Å². The summed E-state index contributed by atoms with van der Waals surface area (Å²) in [5.41, 5.74) is 1.41. The normalized spacial score (nSPS) is 16.4. The van der Waals surface area contributed by atoms with E-state index in [1.54, 1.807) is 11.3 Å². The number of benzene rings is 1. The summed E-state index contributed by atoms with van der Waals surface area (Å²) < 4.78 is 0. The number of H-pyrrole nitrogens is 1. The highest BCUT2D eigenvalue weighted by Gasteiger charge is 2.48. The Labute approximate surface area is 115 Å². The van der Waals surface area contributed by atoms with E-state index in [0.29, 0.717) is 0 Å². The molecule has 19 heavy (non-hydrogen) atoms. The van der Waals surface area contributed by atoms with Gasteiger partial charge in [-0.05, 0) is 29.9 Å². The molecule has 3 aromatic rings. The molecule has 0 saturated heterocycles. The summed E-state index contributed by atoms with van der Waals surface area (Å²) >= 11 is 1.67. The molecule has 2 heterocycles. The first-order valence-corrected chi connectivity index (χ1v) is 7.29. The molecule has 1 saturated carbocycles. The van der Waals surface area contributed by atoms with Crippen LogP contribution in [0.2, 0.25) is 0 Å². The number of nitrogens with one attached hydrogen (secondary N) is 1. The lowest BCUT2D eigenvalue weighted by Gasteiger charge is -2.11. The van der Waals surface area contributed by atoms with Gasteiger partial charge in [-0.2, -0.15) is 5.10 Å². The average Bonchev–Trinajstić information content (AvgIpc) is 2.92. The van der Waals surface area contributed by atoms with Gasteiger partial charge >= 0.3 is 0 Å². The maximum Gasteiger partial charge on any atom is 0.191 e. The van der Waals surface area contributed by atoms with Gasteiger partial charge in [-0.3, -0.25) is 5.10 Å². The lowest BCUT2D eigenvalue weighted by atomic mass is 9.95. The van der Waals surface area contributed by atoms with Crippen LogP contribution in [0.1, 0.15) is 24.2 Å². The Morgan fingerprint density at radius 2 is 1.89 bits per heavy atom. The molecule has 1 aliphatic carbocycles. The zero-order valence-corrected chi connectivity index (χ0v) is 11.2. The zero-order chi connectivity index (χ0) is 12.7. The van der Waals surface area contributed by atoms with Gasteiger partial charge in [0.15, 0.2) is 5.82 Å². The summed E-state index contributed by atoms with van der Waals surface area (Å²) in [6, 6.07) is 14.7. The van der Waals surface area contributed by atoms with Gasteiger partial charge in [-0.15, -0.1) is 11.3 Å². The van der Waals surface area contributed by atoms with E-state index in [2.05, 4.69) is 52.0 Å². The van der Waals surface area contributed by atoms with Crippen molar-refractivity contribution in [1.29, 1.82) is 0 Å². The van der Waals surface area contributed by atoms with Crippen LogP contribution < -0.4 is 0 Å². The number of aromatic nitrogens is 3. The smallest absolute Gasteiger partial charge is 0.191 e. The predicted octanol–water partition coefficient (Wildman–Crippen LogP) is 3.61. The Bertz CT molecular complexity index is 681. The van der Waals surface area contributed by atoms with E-state index in [0.717, 1.165) is 29.4 Å². The van der Waals surface area contributed by atoms with Gasteiger partial charge in [0, 0.05) is 0 Å². The molecule has 1 aromatic carbocycles. The number of rotatable bonds is 3. The molecule has 0 unspecified atom stereocenters. The van der Waals surface area contributed by atoms with Gasteiger partial charge in [0.1, 0.15) is 5.82 Å². The molecule has 4 rings (SSSR count). The highest BCUT2D eigenvalue weighted by Crippen LogP contribution is 2.52. The summed E-state index contributed by atoms with van der Waals surface area (Å²) in [7, 11) is 0. The van der Waals surface area contributed by atoms with Crippen LogP contribution in [-0.2, 0) is 5.41 Å². The number of aromatic amines is 1. The van der Waals surface area contributed by atoms with Crippen molar-refractivity contribution < 1.29 is 0 Å². The maximum atomic E-state index is 4.71. The van der Waals surface area contributed by atoms with Crippen molar-refractivity contribution in [1.82, 2.24) is 15.2 Å². The van der Waals surface area contributed by atoms with Crippen LogP contribution in [0.25, 0.3) is 10.7 Å². The Morgan fingerprint density at radius 3 is 2.58 bits per heavy atom. The molecule has 1 fully saturated rings. The summed E-state index contributed by atoms with van der Waals surface area (Å²) in [4.78, 5) is 5.82. The van der Waals surface area contributed by atoms with Crippen LogP contribution in [0, 0.1) is 0 Å². The quantitative estimate of drug-likeness (QED) is 0.787. The molecule has 0 aliphatic heterocycles. The van der Waals surface area contributed by atoms with Crippen molar-refractivity contribution in [3.63, 3.8) is 0 Å². The molecule has 0 radical (unpaired) electrons. The maximum absolute atomic E-state index is 4.71. The minimum atomic E-state index is 0.0732. The van der Waals surface area contributed by atoms with Crippen LogP contribution in [0.15, 0.2) is 47.8 Å². The fourth-order valence-corrected chi connectivity index (χ4v) is 3.19. The van der Waals surface area contributed by atoms with Gasteiger partial charge < -0.3 is 0 Å². The van der Waals surface area contributed by atoms with Gasteiger partial charge in [0.2, 0.25) is 0 Å². The van der Waals surface area contributed by atoms with Crippen LogP contribution in [0.3, 0.4) is 0 Å². The SMILES string of the molecule is c1ccc(C2(c3nc(-c4cccs4)n[nH]3)CC2)cc1. The minimum Gasteiger partial charge on any atom is -0.262 e. The summed E-state index contributed by atoms with van der Waals surface area (Å²) in [6.45, 7) is 0. The third-order valence-corrected chi connectivity index (χ3v) is 4.62. The molecule has 94 valence electrons. The van der Waals surface area contributed by atoms with Gasteiger partial charge in [-0.25, -0.2) is 4.98 Å². The van der Waals surface area contributed by atoms with Crippen LogP contribution in [-0.4, -0.2) is 15.2 Å². The molecular formula is C15H13N3S. The number of nitrogens with zero attached hydrogens (tertiary/aromatic N) is 2. The lowest BCUT2D eigenvalue weighted by Crippen LogP contribution is -2.10. The molecule has 0 spiro atoms. The van der Waals surface area contributed by atoms with E-state index in [9.17, 15) is 0 Å². The van der Waals surface area contributed by atoms with Gasteiger partial charge in [0.25, 0.3) is 0 Å². The second-order valence-electron chi connectivity index (χ2n) is 4.93. The van der Waals surface area contributed by atoms with Gasteiger partial charge in [0.05, 0.1) is 10.3 Å². The molecule has 1 N–H and O–H groups in total. The summed E-state index contributed by atoms with van der Waals surface area (Å²) in [5.74, 6) is 1.81. The van der Waals surface area contributed by atoms with E-state index < -0.39 is 0 Å². The third-order valence-electron chi connectivity index (χ3n) is 3.76. The van der Waals surface area contributed by atoms with Crippen molar-refractivity contribution >= 4 is 11.3 Å². The van der Waals surface area contributed by atoms with Crippen molar-refractivity contribution in [3.05, 3.63) is 59.2 Å². The highest BCUT2D eigenvalue weighted by molar-refractivity contribution is 7.13. The Kier molecular flexibility index (Phi) is 2.32. The highest BCUT2D eigenvalue weighted by atomic mass is 32.1. The molecule has 1 aliphatic rings. The van der Waals surface area contributed by atoms with E-state index >= 15 is 0 Å². The molecule has 4 heteroatoms. The molecule has 0 bridgehead atoms. The fraction of sp³-hybridized carbons (Fsp3) is 0.200. The standard InChI is InChI=1S/C15H13N3S/c1-2-5-11(6-3-1)15(8-9-15)14-16-13(17-18-14)12-7-4-10-19-12/h1-7,10H,8-9H2,(H,16,17,18). The molecule has 2 aromatic heterocycles. The Hall–Kier alpha value is -1.94. The van der Waals surface area contributed by atoms with E-state index in [4.69, 9.17) is 4.98 Å². The molecule has 0 atom stereocenters. The van der Waals surface area contributed by atoms with Crippen LogP contribution in [0.4, 0.5) is 0 Å². The zero-order valence-electron chi connectivity index (χ0n) is 10.3. The molecular weight excluding hydrogens is 254 g/mol. The van der Waals surface area contributed by atoms with Crippen LogP contribution in [0.5, 0.6) is 0 Å². The predicted molar refractivity (Wildman–Crippen MR) is 76.2 cm³/mol. The lowest BCUT2D eigenvalue weighted by molar-refractivity contribution is 0.761. The molecule has 3 nitrogen and oxygen atoms in total. The van der Waals surface area contributed by atoms with E-state index in [1.165, 1.54) is 5.56 Å². The topological polar surface area (TPSA) is 41.6 Å². The van der Waals surface area contributed by atoms with Crippen molar-refractivity contribution in [2.24, 2.45) is 0 Å². The van der Waals surface area contributed by atoms with Crippen molar-refractivity contribution in [2.75, 3.05) is 0 Å². The first-order chi connectivity index (χ1) is 9.38. The fourth-order valence-electron chi connectivity index (χ4n) is 2.54. The second-order valence-corrected chi connectivity index (χ2v) is 5.88. The Morgan fingerprint density at radius 1 is 1.05 bits per heavy atom. The first kappa shape index (κ1) is 10.9. The minimum absolute atomic E-state index is 0.0732. The van der Waals surface area contributed by atoms with Crippen LogP contribution >= 0.6 is 11.3 Å². The Balaban J connectivity index is 1.74. The largest absolute Gasteiger partial charge is 0.262 e. The summed E-state index contributed by atoms with van der Waals surface area (Å²) in [5, 5.41) is 9.56. The number of hydrogen-bond acceptors (Lipinski definition) is 3. The number of hydrogen-bond donors (Lipinski definition) is 1. The third kappa shape index (κ3) is 1.71. The van der Waals surface area contributed by atoms with Crippen molar-refractivity contribution in [2.45, 2.75) is 18.3 Å². The first-order valence-electron chi connectivity index (χ1n) is 6.41. The summed E-state index contributed by atoms with van der Waals surface area (Å²) in [6.07, 6.45) is 2.30. The van der Waals surface area contributed by atoms with Gasteiger partial charge in [-0.1, -0.05) is 36.4 Å².